The average Bonchev–Trinajstić information content (AvgIpc) is 2.88. The van der Waals surface area contributed by atoms with Crippen molar-refractivity contribution in [2.75, 3.05) is 33.4 Å². The normalized spacial score (nSPS) is 22.5. The second kappa shape index (κ2) is 10.6. The summed E-state index contributed by atoms with van der Waals surface area (Å²) in [5.41, 5.74) is 4.47. The Kier molecular flexibility index (Phi) is 7.11. The van der Waals surface area contributed by atoms with Gasteiger partial charge < -0.3 is 14.7 Å². The molecule has 0 aliphatic carbocycles. The predicted octanol–water partition coefficient (Wildman–Crippen LogP) is 3.75. The van der Waals surface area contributed by atoms with Gasteiger partial charge in [-0.2, -0.15) is 0 Å². The summed E-state index contributed by atoms with van der Waals surface area (Å²) in [6.45, 7) is 2.59. The first-order valence-corrected chi connectivity index (χ1v) is 12.5. The number of amides is 1. The Labute approximate surface area is 207 Å². The largest absolute Gasteiger partial charge is 0.497 e. The van der Waals surface area contributed by atoms with Crippen LogP contribution < -0.4 is 4.74 Å². The predicted molar refractivity (Wildman–Crippen MR) is 136 cm³/mol. The molecule has 0 radical (unpaired) electrons. The van der Waals surface area contributed by atoms with Gasteiger partial charge in [0.25, 0.3) is 0 Å². The van der Waals surface area contributed by atoms with Crippen LogP contribution in [0.4, 0.5) is 0 Å². The van der Waals surface area contributed by atoms with Crippen molar-refractivity contribution >= 4 is 5.91 Å². The zero-order valence-electron chi connectivity index (χ0n) is 20.2. The number of carbonyl (C=O) groups is 1. The van der Waals surface area contributed by atoms with Crippen LogP contribution in [-0.2, 0) is 11.2 Å². The van der Waals surface area contributed by atoms with Gasteiger partial charge in [-0.15, -0.1) is 0 Å². The van der Waals surface area contributed by atoms with E-state index in [2.05, 4.69) is 40.2 Å². The van der Waals surface area contributed by atoms with E-state index in [9.17, 15) is 9.90 Å². The average molecular weight is 472 g/mol. The van der Waals surface area contributed by atoms with Crippen LogP contribution in [0.1, 0.15) is 29.9 Å². The van der Waals surface area contributed by atoms with Crippen molar-refractivity contribution in [3.8, 4) is 16.9 Å². The molecular formula is C29H33N3O3. The minimum Gasteiger partial charge on any atom is -0.497 e. The lowest BCUT2D eigenvalue weighted by Crippen LogP contribution is -2.68. The maximum absolute atomic E-state index is 13.2. The van der Waals surface area contributed by atoms with E-state index in [-0.39, 0.29) is 30.5 Å². The van der Waals surface area contributed by atoms with Crippen LogP contribution in [0.15, 0.2) is 73.1 Å². The van der Waals surface area contributed by atoms with E-state index >= 15 is 0 Å². The van der Waals surface area contributed by atoms with Gasteiger partial charge in [0.2, 0.25) is 5.91 Å². The number of ether oxygens (including phenoxy) is 1. The molecule has 2 fully saturated rings. The van der Waals surface area contributed by atoms with Crippen LogP contribution in [0.2, 0.25) is 0 Å². The van der Waals surface area contributed by atoms with Gasteiger partial charge in [-0.25, -0.2) is 0 Å². The lowest BCUT2D eigenvalue weighted by atomic mass is 9.74. The van der Waals surface area contributed by atoms with Gasteiger partial charge >= 0.3 is 0 Å². The molecule has 1 aromatic heterocycles. The number of aromatic nitrogens is 1. The lowest BCUT2D eigenvalue weighted by molar-refractivity contribution is -0.135. The Morgan fingerprint density at radius 2 is 1.80 bits per heavy atom. The summed E-state index contributed by atoms with van der Waals surface area (Å²) >= 11 is 0. The van der Waals surface area contributed by atoms with E-state index in [4.69, 9.17) is 4.74 Å². The zero-order chi connectivity index (χ0) is 24.2. The number of carbonyl (C=O) groups excluding carboxylic acids is 1. The minimum atomic E-state index is 0.0953. The molecule has 2 aliphatic rings. The van der Waals surface area contributed by atoms with Crippen LogP contribution in [-0.4, -0.2) is 71.2 Å². The van der Waals surface area contributed by atoms with Gasteiger partial charge in [-0.3, -0.25) is 14.7 Å². The number of pyridine rings is 1. The van der Waals surface area contributed by atoms with E-state index in [1.165, 1.54) is 5.56 Å². The van der Waals surface area contributed by atoms with E-state index in [0.29, 0.717) is 13.0 Å². The molecule has 2 saturated heterocycles. The summed E-state index contributed by atoms with van der Waals surface area (Å²) in [5.74, 6) is 1.21. The highest BCUT2D eigenvalue weighted by molar-refractivity contribution is 5.78. The van der Waals surface area contributed by atoms with Gasteiger partial charge in [0.15, 0.2) is 0 Å². The van der Waals surface area contributed by atoms with Crippen molar-refractivity contribution in [2.45, 2.75) is 37.3 Å². The van der Waals surface area contributed by atoms with E-state index < -0.39 is 0 Å². The number of fused-ring (bicyclic) bond motifs is 1. The first-order valence-electron chi connectivity index (χ1n) is 12.5. The van der Waals surface area contributed by atoms with Crippen LogP contribution in [0, 0.1) is 0 Å². The lowest BCUT2D eigenvalue weighted by Gasteiger charge is -2.57. The highest BCUT2D eigenvalue weighted by atomic mass is 16.5. The quantitative estimate of drug-likeness (QED) is 0.593. The topological polar surface area (TPSA) is 65.9 Å². The van der Waals surface area contributed by atoms with Crippen molar-refractivity contribution < 1.29 is 14.6 Å². The van der Waals surface area contributed by atoms with Crippen molar-refractivity contribution in [1.82, 2.24) is 14.8 Å². The van der Waals surface area contributed by atoms with Crippen molar-refractivity contribution in [3.63, 3.8) is 0 Å². The van der Waals surface area contributed by atoms with Gasteiger partial charge in [-0.05, 0) is 65.9 Å². The van der Waals surface area contributed by atoms with E-state index in [0.717, 1.165) is 48.4 Å². The van der Waals surface area contributed by atoms with Gasteiger partial charge in [0.05, 0.1) is 20.1 Å². The third kappa shape index (κ3) is 4.95. The summed E-state index contributed by atoms with van der Waals surface area (Å²) in [4.78, 5) is 21.7. The number of aliphatic hydroxyl groups is 1. The third-order valence-corrected chi connectivity index (χ3v) is 7.53. The molecule has 0 spiro atoms. The van der Waals surface area contributed by atoms with E-state index in [1.807, 2.05) is 35.2 Å². The number of rotatable bonds is 6. The van der Waals surface area contributed by atoms with E-state index in [1.54, 1.807) is 19.5 Å². The molecular weight excluding hydrogens is 438 g/mol. The molecule has 0 saturated carbocycles. The Balaban J connectivity index is 1.35. The molecule has 6 heteroatoms. The molecule has 3 atom stereocenters. The molecule has 182 valence electrons. The molecule has 1 amide bonds. The molecule has 6 nitrogen and oxygen atoms in total. The number of methoxy groups -OCH3 is 1. The highest BCUT2D eigenvalue weighted by Crippen LogP contribution is 2.42. The smallest absolute Gasteiger partial charge is 0.227 e. The Hall–Kier alpha value is -3.22. The molecule has 0 unspecified atom stereocenters. The third-order valence-electron chi connectivity index (χ3n) is 7.53. The standard InChI is InChI=1S/C29H33N3O3/c1-35-25-6-4-5-24(18-25)22-7-9-23(10-8-22)29-26-19-31(15-2-3-16-32(26)27(29)20-33)28(34)17-21-11-13-30-14-12-21/h4-14,18,26-27,29,33H,2-3,15-17,19-20H2,1H3/t26-,27-,29+/m0/s1. The summed E-state index contributed by atoms with van der Waals surface area (Å²) in [6.07, 6.45) is 5.90. The summed E-state index contributed by atoms with van der Waals surface area (Å²) < 4.78 is 5.37. The number of nitrogens with zero attached hydrogens (tertiary/aromatic N) is 3. The molecule has 1 N–H and O–H groups in total. The first-order chi connectivity index (χ1) is 17.2. The van der Waals surface area contributed by atoms with Crippen LogP contribution in [0.5, 0.6) is 5.75 Å². The maximum atomic E-state index is 13.2. The summed E-state index contributed by atoms with van der Waals surface area (Å²) in [6, 6.07) is 20.9. The molecule has 0 bridgehead atoms. The Morgan fingerprint density at radius 1 is 1.03 bits per heavy atom. The van der Waals surface area contributed by atoms with Gasteiger partial charge in [0.1, 0.15) is 5.75 Å². The highest BCUT2D eigenvalue weighted by Gasteiger charge is 2.49. The second-order valence-corrected chi connectivity index (χ2v) is 9.51. The molecule has 35 heavy (non-hydrogen) atoms. The van der Waals surface area contributed by atoms with Gasteiger partial charge in [0, 0.05) is 43.5 Å². The maximum Gasteiger partial charge on any atom is 0.227 e. The Bertz CT molecular complexity index is 1140. The van der Waals surface area contributed by atoms with Crippen LogP contribution >= 0.6 is 0 Å². The fourth-order valence-corrected chi connectivity index (χ4v) is 5.65. The molecule has 3 heterocycles. The van der Waals surface area contributed by atoms with Crippen LogP contribution in [0.25, 0.3) is 11.1 Å². The second-order valence-electron chi connectivity index (χ2n) is 9.51. The Morgan fingerprint density at radius 3 is 2.54 bits per heavy atom. The summed E-state index contributed by atoms with van der Waals surface area (Å²) in [7, 11) is 1.68. The van der Waals surface area contributed by atoms with Crippen molar-refractivity contribution in [1.29, 1.82) is 0 Å². The number of hydrogen-bond acceptors (Lipinski definition) is 5. The van der Waals surface area contributed by atoms with Crippen molar-refractivity contribution in [3.05, 3.63) is 84.2 Å². The number of aliphatic hydroxyl groups excluding tert-OH is 1. The summed E-state index contributed by atoms with van der Waals surface area (Å²) in [5, 5.41) is 10.2. The molecule has 2 aliphatic heterocycles. The SMILES string of the molecule is COc1cccc(-c2ccc([C@H]3[C@H](CO)N4CCCCN(C(=O)Cc5ccncc5)C[C@@H]34)cc2)c1. The number of hydrogen-bond donors (Lipinski definition) is 1. The van der Waals surface area contributed by atoms with Crippen molar-refractivity contribution in [2.24, 2.45) is 0 Å². The minimum absolute atomic E-state index is 0.0953. The molecule has 5 rings (SSSR count). The zero-order valence-corrected chi connectivity index (χ0v) is 20.2. The molecule has 3 aromatic rings. The fraction of sp³-hybridized carbons (Fsp3) is 0.379. The van der Waals surface area contributed by atoms with Gasteiger partial charge in [-0.1, -0.05) is 36.4 Å². The molecule has 2 aromatic carbocycles. The monoisotopic (exact) mass is 471 g/mol. The number of benzene rings is 2. The van der Waals surface area contributed by atoms with Crippen LogP contribution in [0.3, 0.4) is 0 Å². The first kappa shape index (κ1) is 23.5. The fourth-order valence-electron chi connectivity index (χ4n) is 5.65.